The fourth-order valence-corrected chi connectivity index (χ4v) is 10.4. The fourth-order valence-electron chi connectivity index (χ4n) is 10.4. The van der Waals surface area contributed by atoms with Crippen LogP contribution in [0.1, 0.15) is 108 Å². The minimum Gasteiger partial charge on any atom is -0.493 e. The van der Waals surface area contributed by atoms with Crippen molar-refractivity contribution in [2.75, 3.05) is 55.1 Å². The molecule has 1 aromatic rings. The zero-order valence-electron chi connectivity index (χ0n) is 43.2. The molecule has 18 atom stereocenters. The number of likely N-dealkylation sites (N-methyl/N-ethyl adjacent to an activating group) is 1. The highest BCUT2D eigenvalue weighted by molar-refractivity contribution is 5.73. The summed E-state index contributed by atoms with van der Waals surface area (Å²) in [5.41, 5.74) is -6.10. The van der Waals surface area contributed by atoms with Crippen LogP contribution in [0.4, 0.5) is 0 Å². The maximum absolute atomic E-state index is 14.6. The van der Waals surface area contributed by atoms with E-state index in [9.17, 15) is 25.2 Å². The van der Waals surface area contributed by atoms with Crippen LogP contribution in [0.5, 0.6) is 23.0 Å². The summed E-state index contributed by atoms with van der Waals surface area (Å²) in [5.74, 6) is -1.25. The fraction of sp³-hybridized carbons (Fsp3) is 0.857. The molecule has 0 aliphatic carbocycles. The molecule has 0 saturated carbocycles. The van der Waals surface area contributed by atoms with Crippen LogP contribution in [0.2, 0.25) is 0 Å². The van der Waals surface area contributed by atoms with Crippen molar-refractivity contribution in [2.24, 2.45) is 17.8 Å². The van der Waals surface area contributed by atoms with E-state index in [1.54, 1.807) is 46.8 Å². The summed E-state index contributed by atoms with van der Waals surface area (Å²) in [6.45, 7) is 21.0. The van der Waals surface area contributed by atoms with Gasteiger partial charge < -0.3 is 83.7 Å². The summed E-state index contributed by atoms with van der Waals surface area (Å²) >= 11 is 0. The van der Waals surface area contributed by atoms with Gasteiger partial charge in [-0.3, -0.25) is 4.79 Å². The van der Waals surface area contributed by atoms with Gasteiger partial charge in [0.2, 0.25) is 5.75 Å². The van der Waals surface area contributed by atoms with E-state index in [2.05, 4.69) is 16.0 Å². The lowest BCUT2D eigenvalue weighted by Crippen LogP contribution is -2.70. The number of aliphatic hydroxyl groups excluding tert-OH is 1. The number of esters is 1. The van der Waals surface area contributed by atoms with Gasteiger partial charge in [-0.15, -0.1) is 0 Å². The molecular formula is C49H87N3O15. The molecular weight excluding hydrogens is 871 g/mol. The number of ether oxygens (including phenoxy) is 10. The number of carbonyl (C=O) groups excluding carboxylic acids is 1. The quantitative estimate of drug-likeness (QED) is 0.0927. The Balaban J connectivity index is 1.88. The van der Waals surface area contributed by atoms with E-state index in [-0.39, 0.29) is 43.9 Å². The summed E-state index contributed by atoms with van der Waals surface area (Å²) in [6.07, 6.45) is -6.79. The molecule has 3 aliphatic heterocycles. The van der Waals surface area contributed by atoms with Crippen molar-refractivity contribution in [3.63, 3.8) is 0 Å². The number of methoxy groups -OCH3 is 4. The van der Waals surface area contributed by atoms with E-state index in [0.717, 1.165) is 6.42 Å². The molecule has 1 aromatic carbocycles. The van der Waals surface area contributed by atoms with Gasteiger partial charge >= 0.3 is 5.97 Å². The molecule has 3 saturated heterocycles. The molecule has 388 valence electrons. The van der Waals surface area contributed by atoms with Gasteiger partial charge in [-0.25, -0.2) is 0 Å². The van der Waals surface area contributed by atoms with Gasteiger partial charge in [-0.2, -0.15) is 0 Å². The zero-order valence-corrected chi connectivity index (χ0v) is 43.2. The Morgan fingerprint density at radius 3 is 2.07 bits per heavy atom. The van der Waals surface area contributed by atoms with Gasteiger partial charge in [0.15, 0.2) is 30.2 Å². The first-order valence-corrected chi connectivity index (χ1v) is 24.2. The molecule has 67 heavy (non-hydrogen) atoms. The lowest BCUT2D eigenvalue weighted by atomic mass is 9.75. The van der Waals surface area contributed by atoms with Crippen LogP contribution in [-0.4, -0.2) is 171 Å². The molecule has 3 fully saturated rings. The van der Waals surface area contributed by atoms with Crippen LogP contribution >= 0.6 is 0 Å². The molecule has 7 N–H and O–H groups in total. The number of rotatable bonds is 16. The first-order chi connectivity index (χ1) is 31.4. The molecule has 0 amide bonds. The molecule has 0 aromatic heterocycles. The monoisotopic (exact) mass is 958 g/mol. The Hall–Kier alpha value is -2.59. The highest BCUT2D eigenvalue weighted by Gasteiger charge is 2.58. The van der Waals surface area contributed by atoms with E-state index in [0.29, 0.717) is 42.5 Å². The second kappa shape index (κ2) is 24.0. The maximum atomic E-state index is 14.6. The summed E-state index contributed by atoms with van der Waals surface area (Å²) in [6, 6.07) is 2.45. The third kappa shape index (κ3) is 12.9. The number of aliphatic hydroxyl groups is 4. The Kier molecular flexibility index (Phi) is 20.4. The second-order valence-electron chi connectivity index (χ2n) is 20.0. The zero-order chi connectivity index (χ0) is 50.2. The second-order valence-corrected chi connectivity index (χ2v) is 20.0. The Morgan fingerprint density at radius 2 is 1.52 bits per heavy atom. The van der Waals surface area contributed by atoms with Crippen LogP contribution in [-0.2, 0) is 33.2 Å². The number of nitrogens with one attached hydrogen (secondary N) is 3. The first-order valence-electron chi connectivity index (χ1n) is 24.2. The molecule has 4 rings (SSSR count). The number of benzene rings is 1. The normalized spacial score (nSPS) is 41.6. The SMILES string of the molecule is CCCNC[C@]1(O)[C@H](C)O[C@@H](O[C@H]2[C@H](C)[C@@H](O[C@@H]3O[C@H](C)C[C@H](NC)[C@H]3Oc3cc(OC)c(OC)c(OC)c3)[C@](C)(O)C[C@@H](C)CN[C@H](C)[C@@H](O)[C@](C)(O)[C@@H](CC)OC(=O)[C@@H]2C)C[C@@]1(C)OC. The van der Waals surface area contributed by atoms with Gasteiger partial charge in [0.1, 0.15) is 34.8 Å². The Bertz CT molecular complexity index is 1680. The van der Waals surface area contributed by atoms with Gasteiger partial charge in [0, 0.05) is 44.2 Å². The molecule has 0 bridgehead atoms. The molecule has 0 radical (unpaired) electrons. The Morgan fingerprint density at radius 1 is 0.881 bits per heavy atom. The average Bonchev–Trinajstić information content (AvgIpc) is 3.28. The largest absolute Gasteiger partial charge is 0.493 e. The van der Waals surface area contributed by atoms with E-state index >= 15 is 0 Å². The van der Waals surface area contributed by atoms with Crippen LogP contribution in [0, 0.1) is 17.8 Å². The van der Waals surface area contributed by atoms with Crippen molar-refractivity contribution in [3.8, 4) is 23.0 Å². The van der Waals surface area contributed by atoms with Crippen molar-refractivity contribution in [2.45, 2.75) is 198 Å². The van der Waals surface area contributed by atoms with Gasteiger partial charge in [-0.05, 0) is 100 Å². The predicted octanol–water partition coefficient (Wildman–Crippen LogP) is 3.70. The van der Waals surface area contributed by atoms with Crippen molar-refractivity contribution in [3.05, 3.63) is 12.1 Å². The Labute approximate surface area is 399 Å². The van der Waals surface area contributed by atoms with Crippen LogP contribution < -0.4 is 34.9 Å². The summed E-state index contributed by atoms with van der Waals surface area (Å²) in [5, 5.41) is 58.5. The van der Waals surface area contributed by atoms with Gasteiger partial charge in [-0.1, -0.05) is 27.7 Å². The van der Waals surface area contributed by atoms with Crippen molar-refractivity contribution in [1.82, 2.24) is 16.0 Å². The lowest BCUT2D eigenvalue weighted by Gasteiger charge is -2.53. The highest BCUT2D eigenvalue weighted by atomic mass is 16.7. The van der Waals surface area contributed by atoms with Crippen LogP contribution in [0.15, 0.2) is 12.1 Å². The van der Waals surface area contributed by atoms with Crippen molar-refractivity contribution in [1.29, 1.82) is 0 Å². The first kappa shape index (κ1) is 57.0. The van der Waals surface area contributed by atoms with E-state index in [1.165, 1.54) is 35.4 Å². The smallest absolute Gasteiger partial charge is 0.311 e. The summed E-state index contributed by atoms with van der Waals surface area (Å²) in [7, 11) is 7.93. The average molecular weight is 958 g/mol. The number of carbonyl (C=O) groups is 1. The highest BCUT2D eigenvalue weighted by Crippen LogP contribution is 2.45. The molecule has 18 heteroatoms. The van der Waals surface area contributed by atoms with Gasteiger partial charge in [0.25, 0.3) is 0 Å². The molecule has 18 nitrogen and oxygen atoms in total. The standard InChI is InChI=1S/C49H87N3O15/c1-17-19-51-26-49(57)32(8)63-38(24-47(49,10)61-16)66-39-29(5)43(46(9,55)23-27(3)25-52-31(7)42(53)48(11,56)37(18-2)65-44(54)30(39)6)67-45-40(34(50-12)20-28(4)62-45)64-33-21-35(58-13)41(60-15)36(22-33)59-14/h21-22,27-32,34,37-40,42-43,45,50-53,55-57H,17-20,23-26H2,1-16H3/t27-,28-,29+,30-,31-,32+,34+,37-,38+,39+,40-,42-,43-,45+,46-,47-,48-,49+/m1/s1. The summed E-state index contributed by atoms with van der Waals surface area (Å²) in [4.78, 5) is 14.6. The topological polar surface area (TPSA) is 226 Å². The summed E-state index contributed by atoms with van der Waals surface area (Å²) < 4.78 is 63.1. The molecule has 0 spiro atoms. The lowest BCUT2D eigenvalue weighted by molar-refractivity contribution is -0.335. The minimum atomic E-state index is -1.84. The number of cyclic esters (lactones) is 1. The molecule has 3 heterocycles. The van der Waals surface area contributed by atoms with Crippen molar-refractivity contribution < 1.29 is 72.6 Å². The third-order valence-electron chi connectivity index (χ3n) is 14.6. The third-order valence-corrected chi connectivity index (χ3v) is 14.6. The van der Waals surface area contributed by atoms with Crippen LogP contribution in [0.25, 0.3) is 0 Å². The van der Waals surface area contributed by atoms with E-state index in [4.69, 9.17) is 47.4 Å². The van der Waals surface area contributed by atoms with E-state index in [1.807, 2.05) is 41.7 Å². The predicted molar refractivity (Wildman–Crippen MR) is 252 cm³/mol. The maximum Gasteiger partial charge on any atom is 0.311 e. The molecule has 3 aliphatic rings. The minimum absolute atomic E-state index is 0.0714. The number of hydrogen-bond acceptors (Lipinski definition) is 18. The molecule has 0 unspecified atom stereocenters. The van der Waals surface area contributed by atoms with Crippen molar-refractivity contribution >= 4 is 5.97 Å². The number of hydrogen-bond donors (Lipinski definition) is 7. The van der Waals surface area contributed by atoms with E-state index < -0.39 is 95.5 Å². The van der Waals surface area contributed by atoms with Gasteiger partial charge in [0.05, 0.1) is 63.3 Å². The van der Waals surface area contributed by atoms with Crippen LogP contribution in [0.3, 0.4) is 0 Å².